The molecule has 1 amide bonds. The molecule has 2 heterocycles. The molecule has 0 atom stereocenters. The minimum Gasteiger partial charge on any atom is -0.355 e. The van der Waals surface area contributed by atoms with Crippen molar-refractivity contribution in [2.45, 2.75) is 25.7 Å². The average Bonchev–Trinajstić information content (AvgIpc) is 3.20. The summed E-state index contributed by atoms with van der Waals surface area (Å²) in [4.78, 5) is 18.9. The van der Waals surface area contributed by atoms with E-state index in [0.29, 0.717) is 18.0 Å². The summed E-state index contributed by atoms with van der Waals surface area (Å²) in [5.41, 5.74) is 2.03. The third-order valence-corrected chi connectivity index (χ3v) is 5.10. The zero-order valence-corrected chi connectivity index (χ0v) is 14.5. The smallest absolute Gasteiger partial charge is 0.224 e. The molecule has 1 aromatic carbocycles. The SMILES string of the molecule is O=C(Cc1ccc(Cl)cc1)NCCc1csc(N2CCCC2)n1. The molecular formula is C17H20ClN3OS. The molecule has 0 bridgehead atoms. The first-order chi connectivity index (χ1) is 11.2. The van der Waals surface area contributed by atoms with E-state index in [1.165, 1.54) is 12.8 Å². The maximum absolute atomic E-state index is 11.9. The number of rotatable bonds is 6. The number of nitrogens with zero attached hydrogens (tertiary/aromatic N) is 2. The summed E-state index contributed by atoms with van der Waals surface area (Å²) in [7, 11) is 0. The molecule has 1 aliphatic heterocycles. The number of benzene rings is 1. The number of anilines is 1. The topological polar surface area (TPSA) is 45.2 Å². The number of thiazole rings is 1. The van der Waals surface area contributed by atoms with Crippen LogP contribution in [0.4, 0.5) is 5.13 Å². The lowest BCUT2D eigenvalue weighted by Gasteiger charge is -2.12. The standard InChI is InChI=1S/C17H20ClN3OS/c18-14-5-3-13(4-6-14)11-16(22)19-8-7-15-12-23-17(20-15)21-9-1-2-10-21/h3-6,12H,1-2,7-11H2,(H,19,22). The van der Waals surface area contributed by atoms with Gasteiger partial charge in [0, 0.05) is 36.5 Å². The van der Waals surface area contributed by atoms with E-state index in [0.717, 1.165) is 35.9 Å². The van der Waals surface area contributed by atoms with Crippen molar-refractivity contribution >= 4 is 34.0 Å². The zero-order valence-electron chi connectivity index (χ0n) is 12.9. The van der Waals surface area contributed by atoms with E-state index in [9.17, 15) is 4.79 Å². The van der Waals surface area contributed by atoms with Gasteiger partial charge >= 0.3 is 0 Å². The van der Waals surface area contributed by atoms with Crippen molar-refractivity contribution in [1.82, 2.24) is 10.3 Å². The lowest BCUT2D eigenvalue weighted by atomic mass is 10.1. The number of hydrogen-bond acceptors (Lipinski definition) is 4. The van der Waals surface area contributed by atoms with Crippen LogP contribution in [0, 0.1) is 0 Å². The number of nitrogens with one attached hydrogen (secondary N) is 1. The van der Waals surface area contributed by atoms with Gasteiger partial charge in [-0.1, -0.05) is 23.7 Å². The number of amides is 1. The molecular weight excluding hydrogens is 330 g/mol. The van der Waals surface area contributed by atoms with Crippen LogP contribution in [0.2, 0.25) is 5.02 Å². The first kappa shape index (κ1) is 16.3. The van der Waals surface area contributed by atoms with E-state index in [1.807, 2.05) is 12.1 Å². The van der Waals surface area contributed by atoms with Crippen LogP contribution in [0.25, 0.3) is 0 Å². The van der Waals surface area contributed by atoms with Crippen molar-refractivity contribution in [2.24, 2.45) is 0 Å². The number of carbonyl (C=O) groups is 1. The predicted molar refractivity (Wildman–Crippen MR) is 95.4 cm³/mol. The lowest BCUT2D eigenvalue weighted by molar-refractivity contribution is -0.120. The molecule has 1 saturated heterocycles. The predicted octanol–water partition coefficient (Wildman–Crippen LogP) is 3.30. The Hall–Kier alpha value is -1.59. The van der Waals surface area contributed by atoms with Crippen molar-refractivity contribution in [3.8, 4) is 0 Å². The third-order valence-electron chi connectivity index (χ3n) is 3.90. The number of halogens is 1. The highest BCUT2D eigenvalue weighted by atomic mass is 35.5. The lowest BCUT2D eigenvalue weighted by Crippen LogP contribution is -2.27. The molecule has 3 rings (SSSR count). The van der Waals surface area contributed by atoms with Gasteiger partial charge in [-0.3, -0.25) is 4.79 Å². The molecule has 0 unspecified atom stereocenters. The zero-order chi connectivity index (χ0) is 16.1. The second-order valence-corrected chi connectivity index (χ2v) is 6.99. The van der Waals surface area contributed by atoms with E-state index >= 15 is 0 Å². The summed E-state index contributed by atoms with van der Waals surface area (Å²) < 4.78 is 0. The van der Waals surface area contributed by atoms with Crippen LogP contribution in [-0.2, 0) is 17.6 Å². The minimum atomic E-state index is 0.0299. The van der Waals surface area contributed by atoms with Gasteiger partial charge in [-0.2, -0.15) is 0 Å². The van der Waals surface area contributed by atoms with E-state index < -0.39 is 0 Å². The summed E-state index contributed by atoms with van der Waals surface area (Å²) in [6, 6.07) is 7.37. The molecule has 1 aliphatic rings. The minimum absolute atomic E-state index is 0.0299. The normalized spacial score (nSPS) is 14.2. The number of carbonyl (C=O) groups excluding carboxylic acids is 1. The van der Waals surface area contributed by atoms with Crippen molar-refractivity contribution in [3.05, 3.63) is 45.9 Å². The molecule has 0 saturated carbocycles. The number of hydrogen-bond donors (Lipinski definition) is 1. The van der Waals surface area contributed by atoms with Crippen LogP contribution >= 0.6 is 22.9 Å². The van der Waals surface area contributed by atoms with E-state index in [1.54, 1.807) is 23.5 Å². The fraction of sp³-hybridized carbons (Fsp3) is 0.412. The first-order valence-corrected chi connectivity index (χ1v) is 9.17. The van der Waals surface area contributed by atoms with Crippen LogP contribution in [0.15, 0.2) is 29.6 Å². The summed E-state index contributed by atoms with van der Waals surface area (Å²) >= 11 is 7.54. The van der Waals surface area contributed by atoms with Crippen LogP contribution in [0.1, 0.15) is 24.1 Å². The highest BCUT2D eigenvalue weighted by Gasteiger charge is 2.15. The maximum Gasteiger partial charge on any atom is 0.224 e. The van der Waals surface area contributed by atoms with Crippen LogP contribution in [-0.4, -0.2) is 30.5 Å². The Bertz CT molecular complexity index is 650. The first-order valence-electron chi connectivity index (χ1n) is 7.91. The van der Waals surface area contributed by atoms with Crippen molar-refractivity contribution in [2.75, 3.05) is 24.5 Å². The molecule has 2 aromatic rings. The largest absolute Gasteiger partial charge is 0.355 e. The van der Waals surface area contributed by atoms with Gasteiger partial charge in [0.15, 0.2) is 5.13 Å². The summed E-state index contributed by atoms with van der Waals surface area (Å²) in [6.45, 7) is 2.85. The number of aromatic nitrogens is 1. The quantitative estimate of drug-likeness (QED) is 0.870. The Kier molecular flexibility index (Phi) is 5.51. The Balaban J connectivity index is 1.42. The summed E-state index contributed by atoms with van der Waals surface area (Å²) in [5, 5.41) is 6.85. The van der Waals surface area contributed by atoms with E-state index in [2.05, 4.69) is 20.6 Å². The molecule has 0 aliphatic carbocycles. The van der Waals surface area contributed by atoms with Gasteiger partial charge in [0.25, 0.3) is 0 Å². The second kappa shape index (κ2) is 7.79. The molecule has 4 nitrogen and oxygen atoms in total. The Morgan fingerprint density at radius 3 is 2.74 bits per heavy atom. The van der Waals surface area contributed by atoms with E-state index in [-0.39, 0.29) is 5.91 Å². The molecule has 23 heavy (non-hydrogen) atoms. The van der Waals surface area contributed by atoms with Crippen LogP contribution < -0.4 is 10.2 Å². The van der Waals surface area contributed by atoms with Crippen LogP contribution in [0.3, 0.4) is 0 Å². The van der Waals surface area contributed by atoms with Gasteiger partial charge in [0.05, 0.1) is 12.1 Å². The van der Waals surface area contributed by atoms with Gasteiger partial charge in [-0.25, -0.2) is 4.98 Å². The van der Waals surface area contributed by atoms with Gasteiger partial charge < -0.3 is 10.2 Å². The van der Waals surface area contributed by atoms with Gasteiger partial charge in [-0.15, -0.1) is 11.3 Å². The second-order valence-electron chi connectivity index (χ2n) is 5.72. The third kappa shape index (κ3) is 4.69. The molecule has 122 valence electrons. The van der Waals surface area contributed by atoms with E-state index in [4.69, 9.17) is 11.6 Å². The average molecular weight is 350 g/mol. The van der Waals surface area contributed by atoms with Crippen molar-refractivity contribution < 1.29 is 4.79 Å². The molecule has 0 radical (unpaired) electrons. The molecule has 0 spiro atoms. The monoisotopic (exact) mass is 349 g/mol. The highest BCUT2D eigenvalue weighted by molar-refractivity contribution is 7.13. The van der Waals surface area contributed by atoms with Crippen molar-refractivity contribution in [3.63, 3.8) is 0 Å². The summed E-state index contributed by atoms with van der Waals surface area (Å²) in [5.74, 6) is 0.0299. The van der Waals surface area contributed by atoms with Gasteiger partial charge in [0.2, 0.25) is 5.91 Å². The van der Waals surface area contributed by atoms with Gasteiger partial charge in [0.1, 0.15) is 0 Å². The fourth-order valence-electron chi connectivity index (χ4n) is 2.64. The maximum atomic E-state index is 11.9. The van der Waals surface area contributed by atoms with Crippen LogP contribution in [0.5, 0.6) is 0 Å². The Labute approximate surface area is 145 Å². The van der Waals surface area contributed by atoms with Crippen molar-refractivity contribution in [1.29, 1.82) is 0 Å². The highest BCUT2D eigenvalue weighted by Crippen LogP contribution is 2.24. The fourth-order valence-corrected chi connectivity index (χ4v) is 3.68. The van der Waals surface area contributed by atoms with Gasteiger partial charge in [-0.05, 0) is 30.5 Å². The Morgan fingerprint density at radius 2 is 2.00 bits per heavy atom. The Morgan fingerprint density at radius 1 is 1.26 bits per heavy atom. The molecule has 1 N–H and O–H groups in total. The summed E-state index contributed by atoms with van der Waals surface area (Å²) in [6.07, 6.45) is 3.68. The molecule has 1 fully saturated rings. The molecule has 6 heteroatoms. The molecule has 1 aromatic heterocycles.